The molecule has 0 radical (unpaired) electrons. The molecule has 8 heteroatoms. The summed E-state index contributed by atoms with van der Waals surface area (Å²) in [5.41, 5.74) is 1.80. The third-order valence-corrected chi connectivity index (χ3v) is 5.35. The molecule has 1 aromatic carbocycles. The van der Waals surface area contributed by atoms with Crippen molar-refractivity contribution in [3.8, 4) is 23.4 Å². The highest BCUT2D eigenvalue weighted by atomic mass is 16.5. The highest BCUT2D eigenvalue weighted by Gasteiger charge is 2.29. The summed E-state index contributed by atoms with van der Waals surface area (Å²) in [5.74, 6) is 1.40. The van der Waals surface area contributed by atoms with Crippen molar-refractivity contribution in [1.29, 1.82) is 5.26 Å². The summed E-state index contributed by atoms with van der Waals surface area (Å²) in [6.07, 6.45) is 6.34. The summed E-state index contributed by atoms with van der Waals surface area (Å²) >= 11 is 0. The molecule has 1 amide bonds. The molecule has 0 spiro atoms. The number of benzene rings is 1. The summed E-state index contributed by atoms with van der Waals surface area (Å²) in [5, 5.41) is 9.49. The molecule has 156 valence electrons. The van der Waals surface area contributed by atoms with Crippen molar-refractivity contribution in [3.05, 3.63) is 53.2 Å². The van der Waals surface area contributed by atoms with Gasteiger partial charge in [0.1, 0.15) is 23.1 Å². The van der Waals surface area contributed by atoms with E-state index >= 15 is 0 Å². The molecule has 2 heterocycles. The summed E-state index contributed by atoms with van der Waals surface area (Å²) in [4.78, 5) is 30.4. The number of nitrogens with zero attached hydrogens (tertiary/aromatic N) is 3. The van der Waals surface area contributed by atoms with E-state index in [0.717, 1.165) is 5.57 Å². The van der Waals surface area contributed by atoms with Crippen LogP contribution in [0.2, 0.25) is 0 Å². The fourth-order valence-electron chi connectivity index (χ4n) is 3.21. The smallest absolute Gasteiger partial charge is 0.266 e. The van der Waals surface area contributed by atoms with E-state index < -0.39 is 0 Å². The Balaban J connectivity index is 1.31. The highest BCUT2D eigenvalue weighted by Crippen LogP contribution is 2.33. The average Bonchev–Trinajstić information content (AvgIpc) is 3.70. The van der Waals surface area contributed by atoms with Gasteiger partial charge in [0.25, 0.3) is 5.91 Å². The van der Waals surface area contributed by atoms with E-state index in [1.165, 1.54) is 23.9 Å². The van der Waals surface area contributed by atoms with E-state index in [1.807, 2.05) is 6.08 Å². The predicted molar refractivity (Wildman–Crippen MR) is 109 cm³/mol. The molecule has 0 bridgehead atoms. The van der Waals surface area contributed by atoms with E-state index in [-0.39, 0.29) is 30.6 Å². The van der Waals surface area contributed by atoms with Crippen LogP contribution in [-0.2, 0) is 4.79 Å². The lowest BCUT2D eigenvalue weighted by Crippen LogP contribution is -2.38. The zero-order valence-corrected chi connectivity index (χ0v) is 16.7. The first-order valence-corrected chi connectivity index (χ1v) is 10.1. The van der Waals surface area contributed by atoms with Crippen molar-refractivity contribution in [2.24, 2.45) is 5.92 Å². The molecular formula is C23H19N3O5. The van der Waals surface area contributed by atoms with E-state index in [4.69, 9.17) is 14.2 Å². The average molecular weight is 417 g/mol. The van der Waals surface area contributed by atoms with Crippen molar-refractivity contribution < 1.29 is 23.8 Å². The minimum absolute atomic E-state index is 0.00434. The van der Waals surface area contributed by atoms with Crippen molar-refractivity contribution in [2.45, 2.75) is 19.3 Å². The highest BCUT2D eigenvalue weighted by molar-refractivity contribution is 6.08. The van der Waals surface area contributed by atoms with Gasteiger partial charge in [-0.25, -0.2) is 4.98 Å². The van der Waals surface area contributed by atoms with Crippen LogP contribution in [0.5, 0.6) is 17.4 Å². The molecule has 0 N–H and O–H groups in total. The number of carbonyl (C=O) groups is 2. The zero-order chi connectivity index (χ0) is 21.4. The van der Waals surface area contributed by atoms with Gasteiger partial charge in [0.15, 0.2) is 19.1 Å². The summed E-state index contributed by atoms with van der Waals surface area (Å²) in [6.45, 7) is 0.506. The third-order valence-electron chi connectivity index (χ3n) is 5.35. The van der Waals surface area contributed by atoms with Crippen LogP contribution in [-0.4, -0.2) is 36.6 Å². The Morgan fingerprint density at radius 1 is 1.29 bits per heavy atom. The number of pyridine rings is 1. The molecule has 5 rings (SSSR count). The maximum absolute atomic E-state index is 13.0. The van der Waals surface area contributed by atoms with Crippen LogP contribution in [0.15, 0.2) is 42.1 Å². The van der Waals surface area contributed by atoms with Crippen LogP contribution in [0.25, 0.3) is 0 Å². The second-order valence-corrected chi connectivity index (χ2v) is 7.72. The van der Waals surface area contributed by atoms with Gasteiger partial charge in [0, 0.05) is 18.0 Å². The van der Waals surface area contributed by atoms with Crippen LogP contribution in [0.3, 0.4) is 0 Å². The molecule has 0 atom stereocenters. The quantitative estimate of drug-likeness (QED) is 0.651. The Labute approximate surface area is 178 Å². The number of Topliss-reactive ketones (excluding diaryl/α,β-unsaturated/α-hetero) is 1. The number of ketones is 1. The minimum atomic E-state index is -0.282. The number of anilines is 1. The molecule has 2 aliphatic carbocycles. The topological polar surface area (TPSA) is 102 Å². The van der Waals surface area contributed by atoms with Crippen LogP contribution < -0.4 is 19.1 Å². The van der Waals surface area contributed by atoms with Gasteiger partial charge in [-0.05, 0) is 49.0 Å². The van der Waals surface area contributed by atoms with Gasteiger partial charge in [-0.1, -0.05) is 6.08 Å². The Bertz CT molecular complexity index is 1150. The van der Waals surface area contributed by atoms with E-state index in [1.54, 1.807) is 24.3 Å². The van der Waals surface area contributed by atoms with Crippen LogP contribution in [0.4, 0.5) is 5.69 Å². The lowest BCUT2D eigenvalue weighted by Gasteiger charge is -2.29. The number of hydrogen-bond acceptors (Lipinski definition) is 7. The number of carbonyl (C=O) groups excluding carboxylic acids is 2. The molecular weight excluding hydrogens is 398 g/mol. The third kappa shape index (κ3) is 4.08. The lowest BCUT2D eigenvalue weighted by molar-refractivity contribution is -0.117. The summed E-state index contributed by atoms with van der Waals surface area (Å²) in [7, 11) is 0. The first-order valence-electron chi connectivity index (χ1n) is 10.1. The number of amides is 1. The maximum Gasteiger partial charge on any atom is 0.266 e. The Morgan fingerprint density at radius 2 is 2.13 bits per heavy atom. The molecule has 1 aliphatic heterocycles. The largest absolute Gasteiger partial charge is 0.484 e. The van der Waals surface area contributed by atoms with Crippen LogP contribution in [0.1, 0.15) is 35.2 Å². The minimum Gasteiger partial charge on any atom is -0.484 e. The van der Waals surface area contributed by atoms with E-state index in [2.05, 4.69) is 11.1 Å². The number of nitriles is 1. The number of allylic oxidation sites excluding steroid dienone is 1. The first-order chi connectivity index (χ1) is 15.1. The normalized spacial score (nSPS) is 16.5. The fraction of sp³-hybridized carbons (Fsp3) is 0.304. The fourth-order valence-corrected chi connectivity index (χ4v) is 3.21. The van der Waals surface area contributed by atoms with Gasteiger partial charge in [-0.3, -0.25) is 14.5 Å². The molecule has 3 aliphatic rings. The molecule has 0 unspecified atom stereocenters. The lowest BCUT2D eigenvalue weighted by atomic mass is 10.1. The van der Waals surface area contributed by atoms with E-state index in [0.29, 0.717) is 47.6 Å². The number of fused-ring (bicyclic) bond motifs is 1. The van der Waals surface area contributed by atoms with Crippen LogP contribution >= 0.6 is 0 Å². The van der Waals surface area contributed by atoms with Gasteiger partial charge in [-0.15, -0.1) is 0 Å². The Hall–Kier alpha value is -3.86. The Kier molecular flexibility index (Phi) is 4.79. The van der Waals surface area contributed by atoms with Gasteiger partial charge in [0.05, 0.1) is 12.2 Å². The number of rotatable bonds is 8. The summed E-state index contributed by atoms with van der Waals surface area (Å²) in [6, 6.07) is 8.47. The van der Waals surface area contributed by atoms with Crippen molar-refractivity contribution >= 4 is 17.4 Å². The monoisotopic (exact) mass is 417 g/mol. The maximum atomic E-state index is 13.0. The number of hydrogen-bond donors (Lipinski definition) is 0. The molecule has 1 aromatic heterocycles. The standard InChI is InChI=1S/C23H19N3O5/c24-9-16-7-17(5-6-20(16)29-12-19(27)15-3-4-15)26-13-31-21-8-22(30-11-14-1-2-14)25-10-18(21)23(26)28/h3,5-8,10,14H,1-2,4,11-13H2. The van der Waals surface area contributed by atoms with E-state index in [9.17, 15) is 14.9 Å². The van der Waals surface area contributed by atoms with Crippen molar-refractivity contribution in [3.63, 3.8) is 0 Å². The number of ether oxygens (including phenoxy) is 3. The molecule has 1 fully saturated rings. The second-order valence-electron chi connectivity index (χ2n) is 7.72. The second kappa shape index (κ2) is 7.76. The molecule has 0 saturated heterocycles. The Morgan fingerprint density at radius 3 is 2.87 bits per heavy atom. The van der Waals surface area contributed by atoms with Gasteiger partial charge in [0.2, 0.25) is 5.88 Å². The van der Waals surface area contributed by atoms with Crippen molar-refractivity contribution in [1.82, 2.24) is 4.98 Å². The SMILES string of the molecule is N#Cc1cc(N2COc3cc(OCC4CC4)ncc3C2=O)ccc1OCC(=O)C1=CC1. The van der Waals surface area contributed by atoms with Gasteiger partial charge >= 0.3 is 0 Å². The summed E-state index contributed by atoms with van der Waals surface area (Å²) < 4.78 is 16.9. The van der Waals surface area contributed by atoms with Gasteiger partial charge < -0.3 is 14.2 Å². The molecule has 2 aromatic rings. The van der Waals surface area contributed by atoms with Crippen LogP contribution in [0, 0.1) is 17.2 Å². The number of aromatic nitrogens is 1. The zero-order valence-electron chi connectivity index (χ0n) is 16.7. The van der Waals surface area contributed by atoms with Gasteiger partial charge in [-0.2, -0.15) is 5.26 Å². The first kappa shape index (κ1) is 19.1. The van der Waals surface area contributed by atoms with Crippen molar-refractivity contribution in [2.75, 3.05) is 24.8 Å². The molecule has 31 heavy (non-hydrogen) atoms. The predicted octanol–water partition coefficient (Wildman–Crippen LogP) is 3.02. The molecule has 1 saturated carbocycles. The molecule has 8 nitrogen and oxygen atoms in total.